The molecule has 6 nitrogen and oxygen atoms in total. The third-order valence-electron chi connectivity index (χ3n) is 5.04. The molecule has 4 atom stereocenters. The van der Waals surface area contributed by atoms with Gasteiger partial charge in [0, 0.05) is 23.5 Å². The number of hydrogen-bond acceptors (Lipinski definition) is 5. The molecule has 0 radical (unpaired) electrons. The zero-order chi connectivity index (χ0) is 16.6. The van der Waals surface area contributed by atoms with Crippen molar-refractivity contribution in [1.82, 2.24) is 0 Å². The summed E-state index contributed by atoms with van der Waals surface area (Å²) in [6.07, 6.45) is 2.51. The molecule has 0 heterocycles. The number of fused-ring (bicyclic) bond motifs is 2. The molecule has 0 aromatic heterocycles. The van der Waals surface area contributed by atoms with E-state index in [4.69, 9.17) is 0 Å². The van der Waals surface area contributed by atoms with Crippen LogP contribution in [0.2, 0.25) is 0 Å². The number of carboxylic acid groups (broad SMARTS) is 1. The fraction of sp³-hybridized carbons (Fsp3) is 0.471. The summed E-state index contributed by atoms with van der Waals surface area (Å²) in [7, 11) is 1.29. The van der Waals surface area contributed by atoms with Gasteiger partial charge >= 0.3 is 5.97 Å². The number of methoxy groups -OCH3 is 1. The number of carbonyl (C=O) groups is 3. The molecule has 0 unspecified atom stereocenters. The average Bonchev–Trinajstić information content (AvgIpc) is 3.15. The van der Waals surface area contributed by atoms with Crippen LogP contribution in [0.25, 0.3) is 0 Å². The molecule has 2 aliphatic rings. The molecule has 2 saturated carbocycles. The first kappa shape index (κ1) is 15.5. The highest BCUT2D eigenvalue weighted by Crippen LogP contribution is 2.52. The van der Waals surface area contributed by atoms with Gasteiger partial charge in [-0.05, 0) is 49.3 Å². The zero-order valence-electron chi connectivity index (χ0n) is 12.8. The van der Waals surface area contributed by atoms with Crippen LogP contribution < -0.4 is 10.4 Å². The summed E-state index contributed by atoms with van der Waals surface area (Å²) < 4.78 is 4.65. The maximum Gasteiger partial charge on any atom is 0.337 e. The SMILES string of the molecule is COC(=O)c1cccc(NC(=O)[C@@H]2[C@H]3CC[C@@H](C3)[C@@H]2C(=O)[O-])c1. The minimum absolute atomic E-state index is 0.0437. The van der Waals surface area contributed by atoms with Gasteiger partial charge in [0.15, 0.2) is 0 Å². The lowest BCUT2D eigenvalue weighted by atomic mass is 9.78. The molecule has 6 heteroatoms. The minimum Gasteiger partial charge on any atom is -0.550 e. The quantitative estimate of drug-likeness (QED) is 0.830. The Labute approximate surface area is 133 Å². The van der Waals surface area contributed by atoms with Gasteiger partial charge in [-0.25, -0.2) is 4.79 Å². The first-order valence-corrected chi connectivity index (χ1v) is 7.71. The predicted octanol–water partition coefficient (Wildman–Crippen LogP) is 0.824. The Bertz CT molecular complexity index is 656. The number of nitrogens with one attached hydrogen (secondary N) is 1. The molecular weight excluding hydrogens is 298 g/mol. The summed E-state index contributed by atoms with van der Waals surface area (Å²) in [5.41, 5.74) is 0.785. The third kappa shape index (κ3) is 2.81. The van der Waals surface area contributed by atoms with Crippen LogP contribution in [0, 0.1) is 23.7 Å². The van der Waals surface area contributed by atoms with Gasteiger partial charge in [0.05, 0.1) is 12.7 Å². The van der Waals surface area contributed by atoms with Crippen LogP contribution in [0.1, 0.15) is 29.6 Å². The van der Waals surface area contributed by atoms with E-state index in [1.807, 2.05) is 0 Å². The molecule has 0 spiro atoms. The van der Waals surface area contributed by atoms with Gasteiger partial charge in [0.25, 0.3) is 0 Å². The molecule has 2 fully saturated rings. The van der Waals surface area contributed by atoms with E-state index in [2.05, 4.69) is 10.1 Å². The van der Waals surface area contributed by atoms with Gasteiger partial charge in [-0.2, -0.15) is 0 Å². The molecule has 1 N–H and O–H groups in total. The first-order chi connectivity index (χ1) is 11.0. The van der Waals surface area contributed by atoms with Crippen molar-refractivity contribution in [3.63, 3.8) is 0 Å². The average molecular weight is 316 g/mol. The molecule has 23 heavy (non-hydrogen) atoms. The van der Waals surface area contributed by atoms with Gasteiger partial charge in [-0.1, -0.05) is 6.07 Å². The second-order valence-electron chi connectivity index (χ2n) is 6.27. The summed E-state index contributed by atoms with van der Waals surface area (Å²) in [5, 5.41) is 14.1. The van der Waals surface area contributed by atoms with E-state index in [9.17, 15) is 19.5 Å². The molecule has 1 aromatic rings. The largest absolute Gasteiger partial charge is 0.550 e. The van der Waals surface area contributed by atoms with E-state index < -0.39 is 23.8 Å². The van der Waals surface area contributed by atoms with Gasteiger partial charge in [-0.3, -0.25) is 4.79 Å². The molecule has 2 aliphatic carbocycles. The maximum atomic E-state index is 12.6. The van der Waals surface area contributed by atoms with Gasteiger partial charge in [0.2, 0.25) is 5.91 Å². The highest BCUT2D eigenvalue weighted by Gasteiger charge is 2.51. The smallest absolute Gasteiger partial charge is 0.337 e. The lowest BCUT2D eigenvalue weighted by Gasteiger charge is -2.30. The number of hydrogen-bond donors (Lipinski definition) is 1. The van der Waals surface area contributed by atoms with Crippen molar-refractivity contribution in [2.75, 3.05) is 12.4 Å². The molecule has 3 rings (SSSR count). The number of aliphatic carboxylic acids is 1. The summed E-state index contributed by atoms with van der Waals surface area (Å²) in [6, 6.07) is 6.40. The molecule has 0 aliphatic heterocycles. The van der Waals surface area contributed by atoms with E-state index in [1.165, 1.54) is 13.2 Å². The van der Waals surface area contributed by atoms with Crippen LogP contribution in [0.15, 0.2) is 24.3 Å². The van der Waals surface area contributed by atoms with E-state index in [-0.39, 0.29) is 17.7 Å². The number of amides is 1. The van der Waals surface area contributed by atoms with Gasteiger partial charge in [-0.15, -0.1) is 0 Å². The summed E-state index contributed by atoms with van der Waals surface area (Å²) in [6.45, 7) is 0. The van der Waals surface area contributed by atoms with Crippen molar-refractivity contribution in [3.05, 3.63) is 29.8 Å². The van der Waals surface area contributed by atoms with Crippen molar-refractivity contribution in [2.24, 2.45) is 23.7 Å². The molecule has 122 valence electrons. The number of benzene rings is 1. The van der Waals surface area contributed by atoms with E-state index >= 15 is 0 Å². The Morgan fingerprint density at radius 3 is 2.52 bits per heavy atom. The van der Waals surface area contributed by atoms with Crippen molar-refractivity contribution in [3.8, 4) is 0 Å². The van der Waals surface area contributed by atoms with Crippen molar-refractivity contribution in [2.45, 2.75) is 19.3 Å². The lowest BCUT2D eigenvalue weighted by Crippen LogP contribution is -2.43. The highest BCUT2D eigenvalue weighted by molar-refractivity contribution is 5.97. The van der Waals surface area contributed by atoms with Crippen LogP contribution in [0.3, 0.4) is 0 Å². The topological polar surface area (TPSA) is 95.5 Å². The van der Waals surface area contributed by atoms with Crippen LogP contribution in [0.4, 0.5) is 5.69 Å². The van der Waals surface area contributed by atoms with Crippen LogP contribution in [-0.4, -0.2) is 25.0 Å². The maximum absolute atomic E-state index is 12.6. The second-order valence-corrected chi connectivity index (χ2v) is 6.27. The number of ether oxygens (including phenoxy) is 1. The predicted molar refractivity (Wildman–Crippen MR) is 79.2 cm³/mol. The number of rotatable bonds is 4. The minimum atomic E-state index is -1.14. The standard InChI is InChI=1S/C17H19NO5/c1-23-17(22)11-3-2-4-12(8-11)18-15(19)13-9-5-6-10(7-9)14(13)16(20)21/h2-4,8-10,13-14H,5-7H2,1H3,(H,18,19)(H,20,21)/p-1/t9-,10-,13+,14-/m0/s1. The summed E-state index contributed by atoms with van der Waals surface area (Å²) in [5.74, 6) is -3.06. The second kappa shape index (κ2) is 6.02. The molecule has 2 bridgehead atoms. The van der Waals surface area contributed by atoms with Crippen molar-refractivity contribution >= 4 is 23.5 Å². The van der Waals surface area contributed by atoms with Gasteiger partial charge in [0.1, 0.15) is 0 Å². The van der Waals surface area contributed by atoms with Crippen molar-refractivity contribution in [1.29, 1.82) is 0 Å². The Kier molecular flexibility index (Phi) is 4.07. The molecular formula is C17H18NO5-. The Hall–Kier alpha value is -2.37. The van der Waals surface area contributed by atoms with E-state index in [0.717, 1.165) is 19.3 Å². The van der Waals surface area contributed by atoms with Crippen LogP contribution >= 0.6 is 0 Å². The summed E-state index contributed by atoms with van der Waals surface area (Å²) in [4.78, 5) is 35.5. The Morgan fingerprint density at radius 1 is 1.17 bits per heavy atom. The Balaban J connectivity index is 1.77. The van der Waals surface area contributed by atoms with Gasteiger partial charge < -0.3 is 20.0 Å². The molecule has 1 amide bonds. The first-order valence-electron chi connectivity index (χ1n) is 7.71. The monoisotopic (exact) mass is 316 g/mol. The van der Waals surface area contributed by atoms with E-state index in [0.29, 0.717) is 11.3 Å². The van der Waals surface area contributed by atoms with Crippen molar-refractivity contribution < 1.29 is 24.2 Å². The number of carbonyl (C=O) groups excluding carboxylic acids is 3. The highest BCUT2D eigenvalue weighted by atomic mass is 16.5. The van der Waals surface area contributed by atoms with E-state index in [1.54, 1.807) is 18.2 Å². The Morgan fingerprint density at radius 2 is 1.87 bits per heavy atom. The third-order valence-corrected chi connectivity index (χ3v) is 5.04. The molecule has 1 aromatic carbocycles. The van der Waals surface area contributed by atoms with Crippen LogP contribution in [-0.2, 0) is 14.3 Å². The normalized spacial score (nSPS) is 28.4. The van der Waals surface area contributed by atoms with Crippen LogP contribution in [0.5, 0.6) is 0 Å². The number of anilines is 1. The fourth-order valence-electron chi connectivity index (χ4n) is 4.08. The number of carboxylic acids is 1. The zero-order valence-corrected chi connectivity index (χ0v) is 12.8. The molecule has 0 saturated heterocycles. The lowest BCUT2D eigenvalue weighted by molar-refractivity contribution is -0.314. The number of esters is 1. The summed E-state index contributed by atoms with van der Waals surface area (Å²) >= 11 is 0. The fourth-order valence-corrected chi connectivity index (χ4v) is 4.08.